The van der Waals surface area contributed by atoms with Crippen LogP contribution in [-0.4, -0.2) is 13.3 Å². The van der Waals surface area contributed by atoms with Crippen LogP contribution in [0.5, 0.6) is 5.75 Å². The first-order valence-corrected chi connectivity index (χ1v) is 5.21. The van der Waals surface area contributed by atoms with E-state index >= 15 is 0 Å². The minimum Gasteiger partial charge on any atom is -0.497 e. The van der Waals surface area contributed by atoms with Crippen LogP contribution >= 0.6 is 11.6 Å². The predicted octanol–water partition coefficient (Wildman–Crippen LogP) is 4.32. The average molecular weight is 253 g/mol. The molecular formula is C11H12ClF3O. The summed E-state index contributed by atoms with van der Waals surface area (Å²) in [5.41, 5.74) is 0.673. The van der Waals surface area contributed by atoms with Crippen LogP contribution in [0.2, 0.25) is 0 Å². The number of hydrogen-bond acceptors (Lipinski definition) is 1. The van der Waals surface area contributed by atoms with Gasteiger partial charge in [-0.05, 0) is 24.1 Å². The molecule has 0 saturated carbocycles. The first-order chi connectivity index (χ1) is 7.42. The van der Waals surface area contributed by atoms with Crippen LogP contribution in [0.1, 0.15) is 23.8 Å². The number of halogens is 4. The summed E-state index contributed by atoms with van der Waals surface area (Å²) in [6.07, 6.45) is -5.13. The van der Waals surface area contributed by atoms with Crippen molar-refractivity contribution < 1.29 is 17.9 Å². The predicted molar refractivity (Wildman–Crippen MR) is 56.9 cm³/mol. The highest BCUT2D eigenvalue weighted by molar-refractivity contribution is 6.20. The Balaban J connectivity index is 2.56. The zero-order valence-electron chi connectivity index (χ0n) is 8.72. The Morgan fingerprint density at radius 2 is 1.81 bits per heavy atom. The molecule has 1 atom stereocenters. The lowest BCUT2D eigenvalue weighted by molar-refractivity contribution is -0.135. The van der Waals surface area contributed by atoms with E-state index in [2.05, 4.69) is 0 Å². The van der Waals surface area contributed by atoms with Gasteiger partial charge in [-0.1, -0.05) is 12.1 Å². The summed E-state index contributed by atoms with van der Waals surface area (Å²) >= 11 is 5.87. The number of rotatable bonds is 4. The van der Waals surface area contributed by atoms with Gasteiger partial charge in [-0.3, -0.25) is 0 Å². The smallest absolute Gasteiger partial charge is 0.389 e. The SMILES string of the molecule is COc1ccc(C(Cl)CCC(F)(F)F)cc1. The summed E-state index contributed by atoms with van der Waals surface area (Å²) in [6, 6.07) is 6.70. The lowest BCUT2D eigenvalue weighted by Gasteiger charge is -2.12. The van der Waals surface area contributed by atoms with Crippen molar-refractivity contribution in [3.8, 4) is 5.75 Å². The van der Waals surface area contributed by atoms with Crippen LogP contribution in [-0.2, 0) is 0 Å². The Bertz CT molecular complexity index is 321. The van der Waals surface area contributed by atoms with E-state index in [4.69, 9.17) is 16.3 Å². The van der Waals surface area contributed by atoms with Gasteiger partial charge in [-0.15, -0.1) is 11.6 Å². The molecule has 0 aromatic heterocycles. The van der Waals surface area contributed by atoms with Gasteiger partial charge in [-0.25, -0.2) is 0 Å². The molecule has 0 aliphatic rings. The van der Waals surface area contributed by atoms with E-state index in [1.165, 1.54) is 7.11 Å². The molecule has 0 bridgehead atoms. The molecule has 0 spiro atoms. The fourth-order valence-electron chi connectivity index (χ4n) is 1.27. The van der Waals surface area contributed by atoms with E-state index in [1.54, 1.807) is 24.3 Å². The molecule has 16 heavy (non-hydrogen) atoms. The molecule has 1 aromatic rings. The van der Waals surface area contributed by atoms with Crippen molar-refractivity contribution in [3.05, 3.63) is 29.8 Å². The van der Waals surface area contributed by atoms with Crippen LogP contribution in [0.3, 0.4) is 0 Å². The maximum absolute atomic E-state index is 12.0. The third-order valence-corrected chi connectivity index (χ3v) is 2.63. The van der Waals surface area contributed by atoms with Crippen LogP contribution in [0.25, 0.3) is 0 Å². The van der Waals surface area contributed by atoms with Gasteiger partial charge in [-0.2, -0.15) is 13.2 Å². The summed E-state index contributed by atoms with van der Waals surface area (Å²) < 4.78 is 40.9. The molecule has 0 radical (unpaired) electrons. The fraction of sp³-hybridized carbons (Fsp3) is 0.455. The average Bonchev–Trinajstić information content (AvgIpc) is 2.25. The van der Waals surface area contributed by atoms with Crippen molar-refractivity contribution in [1.29, 1.82) is 0 Å². The van der Waals surface area contributed by atoms with Crippen molar-refractivity contribution in [2.45, 2.75) is 24.4 Å². The molecule has 1 nitrogen and oxygen atoms in total. The number of benzene rings is 1. The number of ether oxygens (including phenoxy) is 1. The van der Waals surface area contributed by atoms with Crippen molar-refractivity contribution in [2.24, 2.45) is 0 Å². The van der Waals surface area contributed by atoms with Gasteiger partial charge in [0.15, 0.2) is 0 Å². The Labute approximate surface area is 97.2 Å². The molecule has 90 valence electrons. The molecule has 0 saturated heterocycles. The summed E-state index contributed by atoms with van der Waals surface area (Å²) in [5, 5.41) is -0.618. The number of alkyl halides is 4. The van der Waals surface area contributed by atoms with E-state index in [-0.39, 0.29) is 6.42 Å². The molecule has 0 N–H and O–H groups in total. The summed E-state index contributed by atoms with van der Waals surface area (Å²) in [7, 11) is 1.52. The highest BCUT2D eigenvalue weighted by Crippen LogP contribution is 2.32. The highest BCUT2D eigenvalue weighted by Gasteiger charge is 2.28. The molecule has 1 aromatic carbocycles. The second-order valence-corrected chi connectivity index (χ2v) is 3.92. The van der Waals surface area contributed by atoms with Gasteiger partial charge in [0.25, 0.3) is 0 Å². The molecular weight excluding hydrogens is 241 g/mol. The lowest BCUT2D eigenvalue weighted by atomic mass is 10.1. The van der Waals surface area contributed by atoms with Gasteiger partial charge < -0.3 is 4.74 Å². The highest BCUT2D eigenvalue weighted by atomic mass is 35.5. The third-order valence-electron chi connectivity index (χ3n) is 2.16. The number of hydrogen-bond donors (Lipinski definition) is 0. The molecule has 1 rings (SSSR count). The van der Waals surface area contributed by atoms with Crippen LogP contribution < -0.4 is 4.74 Å². The normalized spacial score (nSPS) is 13.6. The first kappa shape index (κ1) is 13.2. The molecule has 1 unspecified atom stereocenters. The van der Waals surface area contributed by atoms with Gasteiger partial charge in [0, 0.05) is 6.42 Å². The van der Waals surface area contributed by atoms with Crippen molar-refractivity contribution in [3.63, 3.8) is 0 Å². The minimum atomic E-state index is -4.15. The quantitative estimate of drug-likeness (QED) is 0.725. The largest absolute Gasteiger partial charge is 0.497 e. The molecule has 0 aliphatic heterocycles. The Morgan fingerprint density at radius 3 is 2.25 bits per heavy atom. The number of methoxy groups -OCH3 is 1. The van der Waals surface area contributed by atoms with E-state index in [0.717, 1.165) is 0 Å². The maximum Gasteiger partial charge on any atom is 0.389 e. The van der Waals surface area contributed by atoms with E-state index in [9.17, 15) is 13.2 Å². The summed E-state index contributed by atoms with van der Waals surface area (Å²) in [4.78, 5) is 0. The molecule has 0 heterocycles. The lowest BCUT2D eigenvalue weighted by Crippen LogP contribution is -2.08. The minimum absolute atomic E-state index is 0.114. The van der Waals surface area contributed by atoms with Crippen LogP contribution in [0.15, 0.2) is 24.3 Å². The molecule has 0 fully saturated rings. The van der Waals surface area contributed by atoms with Gasteiger partial charge in [0.1, 0.15) is 5.75 Å². The molecule has 0 aliphatic carbocycles. The second kappa shape index (κ2) is 5.43. The zero-order valence-corrected chi connectivity index (χ0v) is 9.48. The van der Waals surface area contributed by atoms with Crippen molar-refractivity contribution in [1.82, 2.24) is 0 Å². The maximum atomic E-state index is 12.0. The van der Waals surface area contributed by atoms with Gasteiger partial charge in [0.2, 0.25) is 0 Å². The van der Waals surface area contributed by atoms with Gasteiger partial charge >= 0.3 is 6.18 Å². The van der Waals surface area contributed by atoms with Crippen LogP contribution in [0, 0.1) is 0 Å². The topological polar surface area (TPSA) is 9.23 Å². The third kappa shape index (κ3) is 4.31. The van der Waals surface area contributed by atoms with Crippen molar-refractivity contribution in [2.75, 3.05) is 7.11 Å². The van der Waals surface area contributed by atoms with E-state index in [0.29, 0.717) is 11.3 Å². The Kier molecular flexibility index (Phi) is 4.47. The van der Waals surface area contributed by atoms with E-state index < -0.39 is 18.0 Å². The molecule has 5 heteroatoms. The van der Waals surface area contributed by atoms with E-state index in [1.807, 2.05) is 0 Å². The molecule has 0 amide bonds. The Morgan fingerprint density at radius 1 is 1.25 bits per heavy atom. The fourth-order valence-corrected chi connectivity index (χ4v) is 1.52. The summed E-state index contributed by atoms with van der Waals surface area (Å²) in [5.74, 6) is 0.656. The second-order valence-electron chi connectivity index (χ2n) is 3.39. The Hall–Kier alpha value is -0.900. The standard InChI is InChI=1S/C11H12ClF3O/c1-16-9-4-2-8(3-5-9)10(12)6-7-11(13,14)15/h2-5,10H,6-7H2,1H3. The van der Waals surface area contributed by atoms with Gasteiger partial charge in [0.05, 0.1) is 12.5 Å². The van der Waals surface area contributed by atoms with Crippen molar-refractivity contribution >= 4 is 11.6 Å². The monoisotopic (exact) mass is 252 g/mol. The van der Waals surface area contributed by atoms with Crippen LogP contribution in [0.4, 0.5) is 13.2 Å². The summed E-state index contributed by atoms with van der Waals surface area (Å²) in [6.45, 7) is 0. The first-order valence-electron chi connectivity index (χ1n) is 4.77. The zero-order chi connectivity index (χ0) is 12.2.